The first-order valence-electron chi connectivity index (χ1n) is 7.70. The lowest BCUT2D eigenvalue weighted by Gasteiger charge is -2.32. The molecule has 3 heterocycles. The number of carbonyl (C=O) groups excluding carboxylic acids is 1. The Hall–Kier alpha value is -1.77. The maximum Gasteiger partial charge on any atom is 0.234 e. The van der Waals surface area contributed by atoms with Gasteiger partial charge in [0.2, 0.25) is 5.91 Å². The SMILES string of the molecule is C[C@H](NC(=O)CN1CCO[C@H](Cn2cncn2)C1)c1cccs1. The predicted molar refractivity (Wildman–Crippen MR) is 87.1 cm³/mol. The van der Waals surface area contributed by atoms with Gasteiger partial charge in [0, 0.05) is 18.0 Å². The molecule has 0 aliphatic carbocycles. The third kappa shape index (κ3) is 4.60. The van der Waals surface area contributed by atoms with Gasteiger partial charge in [0.05, 0.1) is 31.8 Å². The first-order valence-corrected chi connectivity index (χ1v) is 8.58. The van der Waals surface area contributed by atoms with E-state index in [4.69, 9.17) is 4.74 Å². The second-order valence-corrected chi connectivity index (χ2v) is 6.63. The summed E-state index contributed by atoms with van der Waals surface area (Å²) >= 11 is 1.66. The van der Waals surface area contributed by atoms with E-state index in [9.17, 15) is 4.79 Å². The molecule has 124 valence electrons. The minimum absolute atomic E-state index is 0.0352. The van der Waals surface area contributed by atoms with Gasteiger partial charge in [-0.2, -0.15) is 5.10 Å². The van der Waals surface area contributed by atoms with Gasteiger partial charge in [0.25, 0.3) is 0 Å². The zero-order valence-electron chi connectivity index (χ0n) is 13.1. The topological polar surface area (TPSA) is 72.3 Å². The van der Waals surface area contributed by atoms with Gasteiger partial charge in [-0.1, -0.05) is 6.07 Å². The molecule has 0 radical (unpaired) electrons. The van der Waals surface area contributed by atoms with Crippen LogP contribution < -0.4 is 5.32 Å². The Balaban J connectivity index is 1.46. The summed E-state index contributed by atoms with van der Waals surface area (Å²) in [6.07, 6.45) is 3.23. The van der Waals surface area contributed by atoms with Crippen LogP contribution in [0.2, 0.25) is 0 Å². The quantitative estimate of drug-likeness (QED) is 0.850. The fourth-order valence-corrected chi connectivity index (χ4v) is 3.40. The number of nitrogens with one attached hydrogen (secondary N) is 1. The van der Waals surface area contributed by atoms with E-state index in [1.54, 1.807) is 22.3 Å². The number of hydrogen-bond acceptors (Lipinski definition) is 6. The molecule has 2 aromatic rings. The number of amides is 1. The molecule has 2 aromatic heterocycles. The monoisotopic (exact) mass is 335 g/mol. The highest BCUT2D eigenvalue weighted by atomic mass is 32.1. The number of ether oxygens (including phenoxy) is 1. The van der Waals surface area contributed by atoms with Gasteiger partial charge in [0.15, 0.2) is 0 Å². The van der Waals surface area contributed by atoms with Crippen molar-refractivity contribution < 1.29 is 9.53 Å². The highest BCUT2D eigenvalue weighted by Gasteiger charge is 2.23. The van der Waals surface area contributed by atoms with Crippen molar-refractivity contribution in [3.05, 3.63) is 35.0 Å². The highest BCUT2D eigenvalue weighted by Crippen LogP contribution is 2.18. The average Bonchev–Trinajstić information content (AvgIpc) is 3.20. The largest absolute Gasteiger partial charge is 0.374 e. The summed E-state index contributed by atoms with van der Waals surface area (Å²) in [4.78, 5) is 19.5. The first-order chi connectivity index (χ1) is 11.2. The fourth-order valence-electron chi connectivity index (χ4n) is 2.67. The van der Waals surface area contributed by atoms with Gasteiger partial charge in [-0.25, -0.2) is 4.98 Å². The molecule has 1 aliphatic heterocycles. The second-order valence-electron chi connectivity index (χ2n) is 5.65. The van der Waals surface area contributed by atoms with E-state index in [1.165, 1.54) is 11.2 Å². The summed E-state index contributed by atoms with van der Waals surface area (Å²) < 4.78 is 7.50. The molecular formula is C15H21N5O2S. The summed E-state index contributed by atoms with van der Waals surface area (Å²) in [6.45, 7) is 5.19. The molecule has 0 aromatic carbocycles. The Morgan fingerprint density at radius 3 is 3.26 bits per heavy atom. The van der Waals surface area contributed by atoms with Crippen LogP contribution in [-0.2, 0) is 16.1 Å². The van der Waals surface area contributed by atoms with E-state index in [0.29, 0.717) is 19.7 Å². The molecule has 0 bridgehead atoms. The maximum atomic E-state index is 12.2. The van der Waals surface area contributed by atoms with Crippen molar-refractivity contribution in [2.45, 2.75) is 25.6 Å². The van der Waals surface area contributed by atoms with Crippen LogP contribution in [0.3, 0.4) is 0 Å². The van der Waals surface area contributed by atoms with E-state index in [1.807, 2.05) is 24.4 Å². The van der Waals surface area contributed by atoms with Crippen LogP contribution in [0.15, 0.2) is 30.2 Å². The van der Waals surface area contributed by atoms with Gasteiger partial charge in [-0.05, 0) is 18.4 Å². The summed E-state index contributed by atoms with van der Waals surface area (Å²) in [5, 5.41) is 9.17. The summed E-state index contributed by atoms with van der Waals surface area (Å²) in [6, 6.07) is 4.09. The maximum absolute atomic E-state index is 12.2. The number of carbonyl (C=O) groups is 1. The van der Waals surface area contributed by atoms with E-state index in [0.717, 1.165) is 13.1 Å². The minimum atomic E-state index is 0.0352. The van der Waals surface area contributed by atoms with Gasteiger partial charge in [0.1, 0.15) is 12.7 Å². The number of rotatable bonds is 6. The number of thiophene rings is 1. The molecule has 0 saturated carbocycles. The summed E-state index contributed by atoms with van der Waals surface area (Å²) in [5.74, 6) is 0.0484. The Morgan fingerprint density at radius 1 is 1.61 bits per heavy atom. The normalized spacial score (nSPS) is 20.3. The molecule has 1 N–H and O–H groups in total. The molecule has 2 atom stereocenters. The lowest BCUT2D eigenvalue weighted by Crippen LogP contribution is -2.48. The zero-order chi connectivity index (χ0) is 16.1. The number of hydrogen-bond donors (Lipinski definition) is 1. The van der Waals surface area contributed by atoms with Gasteiger partial charge in [-0.15, -0.1) is 11.3 Å². The van der Waals surface area contributed by atoms with E-state index < -0.39 is 0 Å². The molecule has 1 saturated heterocycles. The van der Waals surface area contributed by atoms with Crippen LogP contribution in [0.25, 0.3) is 0 Å². The van der Waals surface area contributed by atoms with Crippen LogP contribution in [0, 0.1) is 0 Å². The number of morpholine rings is 1. The van der Waals surface area contributed by atoms with Gasteiger partial charge >= 0.3 is 0 Å². The number of aromatic nitrogens is 3. The van der Waals surface area contributed by atoms with Crippen LogP contribution in [0.1, 0.15) is 17.8 Å². The van der Waals surface area contributed by atoms with Crippen molar-refractivity contribution in [2.75, 3.05) is 26.2 Å². The molecule has 0 spiro atoms. The Labute approximate surface area is 139 Å². The molecule has 1 amide bonds. The Morgan fingerprint density at radius 2 is 2.52 bits per heavy atom. The van der Waals surface area contributed by atoms with Crippen LogP contribution in [-0.4, -0.2) is 57.9 Å². The highest BCUT2D eigenvalue weighted by molar-refractivity contribution is 7.10. The lowest BCUT2D eigenvalue weighted by molar-refractivity contribution is -0.125. The molecule has 7 nitrogen and oxygen atoms in total. The van der Waals surface area contributed by atoms with Crippen molar-refractivity contribution in [2.24, 2.45) is 0 Å². The molecule has 1 aliphatic rings. The molecule has 0 unspecified atom stereocenters. The Kier molecular flexibility index (Phi) is 5.37. The predicted octanol–water partition coefficient (Wildman–Crippen LogP) is 0.918. The fraction of sp³-hybridized carbons (Fsp3) is 0.533. The van der Waals surface area contributed by atoms with E-state index >= 15 is 0 Å². The molecule has 23 heavy (non-hydrogen) atoms. The van der Waals surface area contributed by atoms with Crippen molar-refractivity contribution >= 4 is 17.2 Å². The van der Waals surface area contributed by atoms with Gasteiger partial charge in [-0.3, -0.25) is 14.4 Å². The van der Waals surface area contributed by atoms with Crippen LogP contribution in [0.5, 0.6) is 0 Å². The molecule has 3 rings (SSSR count). The lowest BCUT2D eigenvalue weighted by atomic mass is 10.2. The number of nitrogens with zero attached hydrogens (tertiary/aromatic N) is 4. The second kappa shape index (κ2) is 7.67. The zero-order valence-corrected chi connectivity index (χ0v) is 13.9. The van der Waals surface area contributed by atoms with Crippen molar-refractivity contribution in [1.29, 1.82) is 0 Å². The molecule has 1 fully saturated rings. The standard InChI is InChI=1S/C15H21N5O2S/c1-12(14-3-2-6-23-14)18-15(21)9-19-4-5-22-13(7-19)8-20-11-16-10-17-20/h2-3,6,10-13H,4-5,7-9H2,1H3,(H,18,21)/t12-,13-/m0/s1. The average molecular weight is 335 g/mol. The van der Waals surface area contributed by atoms with Crippen LogP contribution in [0.4, 0.5) is 0 Å². The van der Waals surface area contributed by atoms with E-state index in [2.05, 4.69) is 20.3 Å². The van der Waals surface area contributed by atoms with Crippen molar-refractivity contribution in [3.8, 4) is 0 Å². The Bertz CT molecular complexity index is 601. The third-order valence-electron chi connectivity index (χ3n) is 3.79. The molecular weight excluding hydrogens is 314 g/mol. The smallest absolute Gasteiger partial charge is 0.234 e. The third-order valence-corrected chi connectivity index (χ3v) is 4.85. The van der Waals surface area contributed by atoms with Gasteiger partial charge < -0.3 is 10.1 Å². The first kappa shape index (κ1) is 16.1. The summed E-state index contributed by atoms with van der Waals surface area (Å²) in [7, 11) is 0. The van der Waals surface area contributed by atoms with Crippen molar-refractivity contribution in [1.82, 2.24) is 25.0 Å². The summed E-state index contributed by atoms with van der Waals surface area (Å²) in [5.41, 5.74) is 0. The van der Waals surface area contributed by atoms with E-state index in [-0.39, 0.29) is 18.1 Å². The van der Waals surface area contributed by atoms with Crippen molar-refractivity contribution in [3.63, 3.8) is 0 Å². The van der Waals surface area contributed by atoms with Crippen LogP contribution >= 0.6 is 11.3 Å². The minimum Gasteiger partial charge on any atom is -0.374 e. The molecule has 8 heteroatoms.